The van der Waals surface area contributed by atoms with Gasteiger partial charge in [0.05, 0.1) is 0 Å². The molecule has 0 unspecified atom stereocenters. The SMILES string of the molecule is Cc1ccc(/C=C/C=C/C(=O)NC(C)C)cc1. The van der Waals surface area contributed by atoms with E-state index in [2.05, 4.69) is 24.4 Å². The second-order valence-electron chi connectivity index (χ2n) is 4.29. The zero-order valence-corrected chi connectivity index (χ0v) is 10.6. The molecule has 0 aliphatic rings. The summed E-state index contributed by atoms with van der Waals surface area (Å²) in [5.41, 5.74) is 2.37. The van der Waals surface area contributed by atoms with Crippen molar-refractivity contribution in [2.75, 3.05) is 0 Å². The average Bonchev–Trinajstić information content (AvgIpc) is 2.26. The molecule has 0 fully saturated rings. The first-order chi connectivity index (χ1) is 8.08. The van der Waals surface area contributed by atoms with Crippen LogP contribution in [0.25, 0.3) is 6.08 Å². The molecule has 1 rings (SSSR count). The van der Waals surface area contributed by atoms with E-state index in [1.54, 1.807) is 6.08 Å². The van der Waals surface area contributed by atoms with Gasteiger partial charge in [0.1, 0.15) is 0 Å². The van der Waals surface area contributed by atoms with Crippen molar-refractivity contribution in [2.24, 2.45) is 0 Å². The van der Waals surface area contributed by atoms with Crippen LogP contribution in [-0.4, -0.2) is 11.9 Å². The van der Waals surface area contributed by atoms with Gasteiger partial charge < -0.3 is 5.32 Å². The summed E-state index contributed by atoms with van der Waals surface area (Å²) in [7, 11) is 0. The lowest BCUT2D eigenvalue weighted by molar-refractivity contribution is -0.116. The third kappa shape index (κ3) is 5.71. The lowest BCUT2D eigenvalue weighted by Crippen LogP contribution is -2.28. The van der Waals surface area contributed by atoms with Gasteiger partial charge in [0.2, 0.25) is 5.91 Å². The van der Waals surface area contributed by atoms with Crippen molar-refractivity contribution >= 4 is 12.0 Å². The molecule has 0 heterocycles. The Morgan fingerprint density at radius 2 is 1.82 bits per heavy atom. The van der Waals surface area contributed by atoms with E-state index in [1.807, 2.05) is 38.1 Å². The van der Waals surface area contributed by atoms with Gasteiger partial charge in [-0.2, -0.15) is 0 Å². The van der Waals surface area contributed by atoms with E-state index < -0.39 is 0 Å². The average molecular weight is 229 g/mol. The highest BCUT2D eigenvalue weighted by Gasteiger charge is 1.95. The van der Waals surface area contributed by atoms with Gasteiger partial charge in [0.15, 0.2) is 0 Å². The number of amides is 1. The first kappa shape index (κ1) is 13.2. The Labute approximate surface area is 103 Å². The predicted molar refractivity (Wildman–Crippen MR) is 72.6 cm³/mol. The number of hydrogen-bond donors (Lipinski definition) is 1. The molecule has 0 aliphatic carbocycles. The molecule has 0 saturated carbocycles. The normalized spacial score (nSPS) is 11.5. The molecule has 1 aromatic rings. The zero-order chi connectivity index (χ0) is 12.7. The Kier molecular flexibility index (Phi) is 5.21. The number of benzene rings is 1. The van der Waals surface area contributed by atoms with Gasteiger partial charge in [-0.3, -0.25) is 4.79 Å². The maximum absolute atomic E-state index is 11.3. The summed E-state index contributed by atoms with van der Waals surface area (Å²) in [6.45, 7) is 5.94. The molecule has 0 aliphatic heterocycles. The molecule has 2 heteroatoms. The molecule has 1 N–H and O–H groups in total. The van der Waals surface area contributed by atoms with Gasteiger partial charge in [0, 0.05) is 12.1 Å². The standard InChI is InChI=1S/C15H19NO/c1-12(2)16-15(17)7-5-4-6-14-10-8-13(3)9-11-14/h4-12H,1-3H3,(H,16,17)/b6-4+,7-5+. The number of rotatable bonds is 4. The molecule has 0 spiro atoms. The molecular formula is C15H19NO. The minimum atomic E-state index is -0.0615. The quantitative estimate of drug-likeness (QED) is 0.624. The van der Waals surface area contributed by atoms with Crippen LogP contribution in [0.4, 0.5) is 0 Å². The summed E-state index contributed by atoms with van der Waals surface area (Å²) in [5, 5.41) is 2.79. The number of aryl methyl sites for hydroxylation is 1. The summed E-state index contributed by atoms with van der Waals surface area (Å²) in [4.78, 5) is 11.3. The molecule has 90 valence electrons. The van der Waals surface area contributed by atoms with Crippen LogP contribution in [0.15, 0.2) is 42.5 Å². The van der Waals surface area contributed by atoms with Gasteiger partial charge in [-0.25, -0.2) is 0 Å². The van der Waals surface area contributed by atoms with E-state index in [0.29, 0.717) is 0 Å². The smallest absolute Gasteiger partial charge is 0.244 e. The monoisotopic (exact) mass is 229 g/mol. The third-order valence-electron chi connectivity index (χ3n) is 2.16. The van der Waals surface area contributed by atoms with Crippen LogP contribution in [0.1, 0.15) is 25.0 Å². The second-order valence-corrected chi connectivity index (χ2v) is 4.29. The molecular weight excluding hydrogens is 210 g/mol. The number of carbonyl (C=O) groups is 1. The topological polar surface area (TPSA) is 29.1 Å². The summed E-state index contributed by atoms with van der Waals surface area (Å²) in [6.07, 6.45) is 7.12. The third-order valence-corrected chi connectivity index (χ3v) is 2.16. The fourth-order valence-electron chi connectivity index (χ4n) is 1.32. The Hall–Kier alpha value is -1.83. The number of hydrogen-bond acceptors (Lipinski definition) is 1. The van der Waals surface area contributed by atoms with Crippen molar-refractivity contribution in [3.05, 3.63) is 53.6 Å². The van der Waals surface area contributed by atoms with Crippen LogP contribution in [0.3, 0.4) is 0 Å². The Balaban J connectivity index is 2.47. The van der Waals surface area contributed by atoms with Crippen LogP contribution < -0.4 is 5.32 Å². The van der Waals surface area contributed by atoms with Gasteiger partial charge >= 0.3 is 0 Å². The highest BCUT2D eigenvalue weighted by molar-refractivity contribution is 5.88. The Morgan fingerprint density at radius 1 is 1.18 bits per heavy atom. The summed E-state index contributed by atoms with van der Waals surface area (Å²) in [6, 6.07) is 8.40. The molecule has 17 heavy (non-hydrogen) atoms. The van der Waals surface area contributed by atoms with E-state index in [4.69, 9.17) is 0 Å². The lowest BCUT2D eigenvalue weighted by atomic mass is 10.1. The Bertz CT molecular complexity index is 413. The van der Waals surface area contributed by atoms with Crippen molar-refractivity contribution in [2.45, 2.75) is 26.8 Å². The maximum Gasteiger partial charge on any atom is 0.244 e. The van der Waals surface area contributed by atoms with E-state index in [9.17, 15) is 4.79 Å². The van der Waals surface area contributed by atoms with Crippen LogP contribution >= 0.6 is 0 Å². The number of carbonyl (C=O) groups excluding carboxylic acids is 1. The van der Waals surface area contributed by atoms with Crippen LogP contribution in [-0.2, 0) is 4.79 Å². The lowest BCUT2D eigenvalue weighted by Gasteiger charge is -2.03. The molecule has 1 amide bonds. The first-order valence-electron chi connectivity index (χ1n) is 5.80. The number of nitrogens with one attached hydrogen (secondary N) is 1. The van der Waals surface area contributed by atoms with Crippen molar-refractivity contribution in [3.8, 4) is 0 Å². The highest BCUT2D eigenvalue weighted by atomic mass is 16.1. The van der Waals surface area contributed by atoms with E-state index in [-0.39, 0.29) is 11.9 Å². The fraction of sp³-hybridized carbons (Fsp3) is 0.267. The molecule has 0 aromatic heterocycles. The predicted octanol–water partition coefficient (Wildman–Crippen LogP) is 3.09. The van der Waals surface area contributed by atoms with E-state index >= 15 is 0 Å². The fourth-order valence-corrected chi connectivity index (χ4v) is 1.32. The molecule has 0 bridgehead atoms. The largest absolute Gasteiger partial charge is 0.350 e. The van der Waals surface area contributed by atoms with Crippen molar-refractivity contribution < 1.29 is 4.79 Å². The van der Waals surface area contributed by atoms with Crippen molar-refractivity contribution in [1.29, 1.82) is 0 Å². The van der Waals surface area contributed by atoms with Gasteiger partial charge in [-0.1, -0.05) is 48.1 Å². The van der Waals surface area contributed by atoms with Gasteiger partial charge in [-0.05, 0) is 26.3 Å². The van der Waals surface area contributed by atoms with Crippen LogP contribution in [0.2, 0.25) is 0 Å². The van der Waals surface area contributed by atoms with Crippen LogP contribution in [0, 0.1) is 6.92 Å². The highest BCUT2D eigenvalue weighted by Crippen LogP contribution is 2.04. The molecule has 0 atom stereocenters. The molecule has 2 nitrogen and oxygen atoms in total. The molecule has 0 saturated heterocycles. The second kappa shape index (κ2) is 6.69. The molecule has 1 aromatic carbocycles. The minimum absolute atomic E-state index is 0.0615. The van der Waals surface area contributed by atoms with Crippen molar-refractivity contribution in [3.63, 3.8) is 0 Å². The first-order valence-corrected chi connectivity index (χ1v) is 5.80. The summed E-state index contributed by atoms with van der Waals surface area (Å²) in [5.74, 6) is -0.0615. The number of allylic oxidation sites excluding steroid dienone is 2. The van der Waals surface area contributed by atoms with Crippen LogP contribution in [0.5, 0.6) is 0 Å². The summed E-state index contributed by atoms with van der Waals surface area (Å²) >= 11 is 0. The minimum Gasteiger partial charge on any atom is -0.350 e. The van der Waals surface area contributed by atoms with E-state index in [1.165, 1.54) is 11.6 Å². The Morgan fingerprint density at radius 3 is 2.41 bits per heavy atom. The zero-order valence-electron chi connectivity index (χ0n) is 10.6. The van der Waals surface area contributed by atoms with E-state index in [0.717, 1.165) is 5.56 Å². The summed E-state index contributed by atoms with van der Waals surface area (Å²) < 4.78 is 0. The molecule has 0 radical (unpaired) electrons. The van der Waals surface area contributed by atoms with Crippen molar-refractivity contribution in [1.82, 2.24) is 5.32 Å². The van der Waals surface area contributed by atoms with Gasteiger partial charge in [0.25, 0.3) is 0 Å². The van der Waals surface area contributed by atoms with Gasteiger partial charge in [-0.15, -0.1) is 0 Å². The maximum atomic E-state index is 11.3.